The van der Waals surface area contributed by atoms with Crippen LogP contribution in [-0.4, -0.2) is 15.0 Å². The minimum Gasteiger partial charge on any atom is -0.342 e. The van der Waals surface area contributed by atoms with E-state index in [1.54, 1.807) is 18.3 Å². The standard InChI is InChI=1S/C12H12ClN3S/c1-3-9-7(2)12(17)16-11(15-9)10-8(13)5-4-6-14-10/h4-6H,3H2,1-2H3,(H,15,16,17). The average molecular weight is 266 g/mol. The molecule has 0 bridgehead atoms. The summed E-state index contributed by atoms with van der Waals surface area (Å²) in [6.07, 6.45) is 2.56. The number of halogens is 1. The van der Waals surface area contributed by atoms with E-state index in [1.807, 2.05) is 6.92 Å². The van der Waals surface area contributed by atoms with Gasteiger partial charge in [0.15, 0.2) is 5.82 Å². The molecule has 0 atom stereocenters. The van der Waals surface area contributed by atoms with Crippen molar-refractivity contribution in [1.82, 2.24) is 15.0 Å². The van der Waals surface area contributed by atoms with Gasteiger partial charge in [0, 0.05) is 17.5 Å². The zero-order valence-corrected chi connectivity index (χ0v) is 11.2. The van der Waals surface area contributed by atoms with Crippen LogP contribution in [0.1, 0.15) is 18.2 Å². The van der Waals surface area contributed by atoms with Gasteiger partial charge in [-0.2, -0.15) is 0 Å². The van der Waals surface area contributed by atoms with Crippen molar-refractivity contribution in [3.05, 3.63) is 39.3 Å². The zero-order chi connectivity index (χ0) is 12.4. The second-order valence-electron chi connectivity index (χ2n) is 3.68. The van der Waals surface area contributed by atoms with Crippen molar-refractivity contribution in [3.63, 3.8) is 0 Å². The van der Waals surface area contributed by atoms with Gasteiger partial charge >= 0.3 is 0 Å². The summed E-state index contributed by atoms with van der Waals surface area (Å²) in [6.45, 7) is 4.03. The van der Waals surface area contributed by atoms with E-state index in [0.717, 1.165) is 17.7 Å². The van der Waals surface area contributed by atoms with E-state index >= 15 is 0 Å². The van der Waals surface area contributed by atoms with Gasteiger partial charge in [0.25, 0.3) is 0 Å². The van der Waals surface area contributed by atoms with Crippen molar-refractivity contribution >= 4 is 23.8 Å². The maximum absolute atomic E-state index is 6.09. The lowest BCUT2D eigenvalue weighted by Crippen LogP contribution is -2.00. The summed E-state index contributed by atoms with van der Waals surface area (Å²) in [6, 6.07) is 3.57. The molecule has 88 valence electrons. The van der Waals surface area contributed by atoms with Gasteiger partial charge in [0.2, 0.25) is 0 Å². The molecule has 0 unspecified atom stereocenters. The fourth-order valence-corrected chi connectivity index (χ4v) is 2.03. The van der Waals surface area contributed by atoms with Gasteiger partial charge < -0.3 is 4.98 Å². The van der Waals surface area contributed by atoms with E-state index < -0.39 is 0 Å². The number of H-pyrrole nitrogens is 1. The number of aryl methyl sites for hydroxylation is 1. The molecule has 0 radical (unpaired) electrons. The Bertz CT molecular complexity index is 607. The molecule has 0 saturated heterocycles. The molecule has 1 N–H and O–H groups in total. The Morgan fingerprint density at radius 2 is 2.24 bits per heavy atom. The van der Waals surface area contributed by atoms with E-state index in [-0.39, 0.29) is 0 Å². The van der Waals surface area contributed by atoms with Crippen molar-refractivity contribution in [2.75, 3.05) is 0 Å². The fraction of sp³-hybridized carbons (Fsp3) is 0.250. The molecule has 0 aliphatic heterocycles. The molecule has 0 amide bonds. The number of pyridine rings is 1. The highest BCUT2D eigenvalue weighted by Gasteiger charge is 2.09. The van der Waals surface area contributed by atoms with Crippen molar-refractivity contribution in [2.24, 2.45) is 0 Å². The number of hydrogen-bond donors (Lipinski definition) is 1. The lowest BCUT2D eigenvalue weighted by molar-refractivity contribution is 0.963. The van der Waals surface area contributed by atoms with Crippen molar-refractivity contribution in [1.29, 1.82) is 0 Å². The fourth-order valence-electron chi connectivity index (χ4n) is 1.60. The molecule has 3 nitrogen and oxygen atoms in total. The van der Waals surface area contributed by atoms with Crippen molar-refractivity contribution < 1.29 is 0 Å². The Labute approximate surface area is 110 Å². The van der Waals surface area contributed by atoms with Crippen molar-refractivity contribution in [3.8, 4) is 11.5 Å². The Kier molecular flexibility index (Phi) is 3.54. The predicted octanol–water partition coefficient (Wildman–Crippen LogP) is 3.73. The summed E-state index contributed by atoms with van der Waals surface area (Å²) in [5.41, 5.74) is 2.72. The van der Waals surface area contributed by atoms with Crippen LogP contribution < -0.4 is 0 Å². The summed E-state index contributed by atoms with van der Waals surface area (Å²) in [7, 11) is 0. The van der Waals surface area contributed by atoms with Gasteiger partial charge in [-0.15, -0.1) is 0 Å². The van der Waals surface area contributed by atoms with E-state index in [4.69, 9.17) is 23.8 Å². The van der Waals surface area contributed by atoms with Crippen LogP contribution in [0.25, 0.3) is 11.5 Å². The Balaban J connectivity index is 2.66. The molecule has 0 fully saturated rings. The predicted molar refractivity (Wildman–Crippen MR) is 71.8 cm³/mol. The van der Waals surface area contributed by atoms with Crippen LogP contribution in [0.3, 0.4) is 0 Å². The summed E-state index contributed by atoms with van der Waals surface area (Å²) < 4.78 is 0.595. The topological polar surface area (TPSA) is 41.6 Å². The summed E-state index contributed by atoms with van der Waals surface area (Å²) in [4.78, 5) is 11.8. The van der Waals surface area contributed by atoms with Crippen LogP contribution >= 0.6 is 23.8 Å². The third-order valence-corrected chi connectivity index (χ3v) is 3.29. The quantitative estimate of drug-likeness (QED) is 0.842. The molecule has 0 aliphatic carbocycles. The number of nitrogens with zero attached hydrogens (tertiary/aromatic N) is 2. The highest BCUT2D eigenvalue weighted by Crippen LogP contribution is 2.23. The molecule has 2 rings (SSSR count). The minimum atomic E-state index is 0.566. The molecule has 0 saturated carbocycles. The maximum Gasteiger partial charge on any atom is 0.159 e. The molecule has 2 aromatic rings. The Morgan fingerprint density at radius 1 is 1.47 bits per heavy atom. The lowest BCUT2D eigenvalue weighted by Gasteiger charge is -2.08. The van der Waals surface area contributed by atoms with E-state index in [2.05, 4.69) is 21.9 Å². The molecule has 0 aromatic carbocycles. The van der Waals surface area contributed by atoms with E-state index in [9.17, 15) is 0 Å². The first-order valence-corrected chi connectivity index (χ1v) is 6.12. The third-order valence-electron chi connectivity index (χ3n) is 2.59. The number of nitrogens with one attached hydrogen (secondary N) is 1. The molecule has 0 spiro atoms. The second-order valence-corrected chi connectivity index (χ2v) is 4.48. The lowest BCUT2D eigenvalue weighted by atomic mass is 10.2. The summed E-state index contributed by atoms with van der Waals surface area (Å²) in [5, 5.41) is 0.566. The largest absolute Gasteiger partial charge is 0.342 e. The molecular weight excluding hydrogens is 254 g/mol. The van der Waals surface area contributed by atoms with Crippen LogP contribution in [0.5, 0.6) is 0 Å². The minimum absolute atomic E-state index is 0.566. The number of hydrogen-bond acceptors (Lipinski definition) is 3. The van der Waals surface area contributed by atoms with Crippen LogP contribution in [0.2, 0.25) is 5.02 Å². The highest BCUT2D eigenvalue weighted by atomic mass is 35.5. The van der Waals surface area contributed by atoms with Crippen LogP contribution in [0, 0.1) is 11.6 Å². The molecule has 2 aromatic heterocycles. The first-order valence-electron chi connectivity index (χ1n) is 5.34. The summed E-state index contributed by atoms with van der Waals surface area (Å²) >= 11 is 11.3. The van der Waals surface area contributed by atoms with E-state index in [1.165, 1.54) is 0 Å². The van der Waals surface area contributed by atoms with Gasteiger partial charge in [-0.1, -0.05) is 30.7 Å². The molecular formula is C12H12ClN3S. The number of rotatable bonds is 2. The van der Waals surface area contributed by atoms with Crippen molar-refractivity contribution in [2.45, 2.75) is 20.3 Å². The number of aromatic nitrogens is 3. The number of aromatic amines is 1. The van der Waals surface area contributed by atoms with Gasteiger partial charge in [-0.25, -0.2) is 4.98 Å². The van der Waals surface area contributed by atoms with E-state index in [0.29, 0.717) is 21.2 Å². The summed E-state index contributed by atoms with van der Waals surface area (Å²) in [5.74, 6) is 0.628. The smallest absolute Gasteiger partial charge is 0.159 e. The SMILES string of the molecule is CCc1[nH]c(-c2ncccc2Cl)nc(=S)c1C. The van der Waals surface area contributed by atoms with Gasteiger partial charge in [-0.05, 0) is 25.5 Å². The highest BCUT2D eigenvalue weighted by molar-refractivity contribution is 7.71. The molecule has 2 heterocycles. The zero-order valence-electron chi connectivity index (χ0n) is 9.62. The Hall–Kier alpha value is -1.26. The van der Waals surface area contributed by atoms with Gasteiger partial charge in [0.1, 0.15) is 10.3 Å². The Morgan fingerprint density at radius 3 is 2.88 bits per heavy atom. The van der Waals surface area contributed by atoms with Gasteiger partial charge in [0.05, 0.1) is 5.02 Å². The first kappa shape index (κ1) is 12.2. The van der Waals surface area contributed by atoms with Gasteiger partial charge in [-0.3, -0.25) is 4.98 Å². The first-order chi connectivity index (χ1) is 8.13. The normalized spacial score (nSPS) is 10.5. The maximum atomic E-state index is 6.09. The molecule has 17 heavy (non-hydrogen) atoms. The monoisotopic (exact) mass is 265 g/mol. The molecule has 5 heteroatoms. The van der Waals surface area contributed by atoms with Crippen LogP contribution in [-0.2, 0) is 6.42 Å². The third kappa shape index (κ3) is 2.37. The van der Waals surface area contributed by atoms with Crippen LogP contribution in [0.15, 0.2) is 18.3 Å². The average Bonchev–Trinajstić information content (AvgIpc) is 2.33. The van der Waals surface area contributed by atoms with Crippen LogP contribution in [0.4, 0.5) is 0 Å². The molecule has 0 aliphatic rings. The second kappa shape index (κ2) is 4.94.